The molecule has 2 aromatic heterocycles. The highest BCUT2D eigenvalue weighted by Gasteiger charge is 2.20. The van der Waals surface area contributed by atoms with Gasteiger partial charge in [0.15, 0.2) is 16.8 Å². The van der Waals surface area contributed by atoms with Crippen molar-refractivity contribution in [1.82, 2.24) is 19.9 Å². The zero-order chi connectivity index (χ0) is 18.0. The molecule has 25 heavy (non-hydrogen) atoms. The highest BCUT2D eigenvalue weighted by molar-refractivity contribution is 8.00. The van der Waals surface area contributed by atoms with E-state index in [0.717, 1.165) is 17.0 Å². The summed E-state index contributed by atoms with van der Waals surface area (Å²) in [5.74, 6) is 1.67. The third-order valence-corrected chi connectivity index (χ3v) is 4.89. The number of benzene rings is 1. The van der Waals surface area contributed by atoms with Crippen molar-refractivity contribution in [3.05, 3.63) is 41.7 Å². The summed E-state index contributed by atoms with van der Waals surface area (Å²) in [4.78, 5) is 12.3. The number of thioether (sulfide) groups is 1. The second-order valence-electron chi connectivity index (χ2n) is 5.75. The van der Waals surface area contributed by atoms with Crippen LogP contribution in [0.15, 0.2) is 40.0 Å². The average Bonchev–Trinajstić information content (AvgIpc) is 3.14. The Hall–Kier alpha value is -2.61. The van der Waals surface area contributed by atoms with Gasteiger partial charge in [0.1, 0.15) is 5.76 Å². The van der Waals surface area contributed by atoms with Gasteiger partial charge in [0.25, 0.3) is 0 Å². The summed E-state index contributed by atoms with van der Waals surface area (Å²) in [6.07, 6.45) is 0. The number of hydrogen-bond acceptors (Lipinski definition) is 6. The van der Waals surface area contributed by atoms with E-state index in [1.54, 1.807) is 13.0 Å². The minimum Gasteiger partial charge on any atom is -0.360 e. The first kappa shape index (κ1) is 17.2. The van der Waals surface area contributed by atoms with Crippen LogP contribution < -0.4 is 5.32 Å². The Balaban J connectivity index is 1.73. The van der Waals surface area contributed by atoms with Crippen molar-refractivity contribution < 1.29 is 9.32 Å². The van der Waals surface area contributed by atoms with E-state index in [1.807, 2.05) is 49.7 Å². The highest BCUT2D eigenvalue weighted by atomic mass is 32.2. The minimum atomic E-state index is -0.357. The molecule has 8 heteroatoms. The van der Waals surface area contributed by atoms with Crippen molar-refractivity contribution in [2.24, 2.45) is 7.05 Å². The van der Waals surface area contributed by atoms with Crippen molar-refractivity contribution in [2.75, 3.05) is 5.32 Å². The zero-order valence-electron chi connectivity index (χ0n) is 14.5. The second kappa shape index (κ2) is 7.10. The lowest BCUT2D eigenvalue weighted by atomic mass is 10.1. The molecule has 1 N–H and O–H groups in total. The van der Waals surface area contributed by atoms with Gasteiger partial charge >= 0.3 is 0 Å². The normalized spacial score (nSPS) is 12.2. The molecule has 1 unspecified atom stereocenters. The Morgan fingerprint density at radius 1 is 1.28 bits per heavy atom. The van der Waals surface area contributed by atoms with Gasteiger partial charge in [-0.05, 0) is 26.3 Å². The first-order valence-corrected chi connectivity index (χ1v) is 8.70. The molecule has 0 spiro atoms. The summed E-state index contributed by atoms with van der Waals surface area (Å²) < 4.78 is 6.85. The fourth-order valence-electron chi connectivity index (χ4n) is 2.34. The predicted octanol–water partition coefficient (Wildman–Crippen LogP) is 3.21. The van der Waals surface area contributed by atoms with Gasteiger partial charge in [-0.15, -0.1) is 10.2 Å². The molecular weight excluding hydrogens is 338 g/mol. The van der Waals surface area contributed by atoms with Crippen LogP contribution >= 0.6 is 11.8 Å². The summed E-state index contributed by atoms with van der Waals surface area (Å²) in [5, 5.41) is 15.3. The van der Waals surface area contributed by atoms with E-state index in [2.05, 4.69) is 20.7 Å². The molecule has 3 aromatic rings. The van der Waals surface area contributed by atoms with Gasteiger partial charge < -0.3 is 14.4 Å². The molecule has 0 fully saturated rings. The van der Waals surface area contributed by atoms with Crippen molar-refractivity contribution >= 4 is 23.5 Å². The monoisotopic (exact) mass is 357 g/mol. The van der Waals surface area contributed by atoms with E-state index in [1.165, 1.54) is 11.8 Å². The summed E-state index contributed by atoms with van der Waals surface area (Å²) in [6.45, 7) is 5.62. The third-order valence-electron chi connectivity index (χ3n) is 3.75. The standard InChI is InChI=1S/C17H19N5O2S/c1-10-7-5-6-8-13(10)15-19-20-17(22(15)4)25-12(3)16(23)18-14-9-11(2)24-21-14/h5-9,12H,1-4H3,(H,18,21,23). The van der Waals surface area contributed by atoms with Crippen LogP contribution in [0, 0.1) is 13.8 Å². The van der Waals surface area contributed by atoms with Crippen LogP contribution in [0.25, 0.3) is 11.4 Å². The molecule has 2 heterocycles. The molecule has 0 saturated heterocycles. The summed E-state index contributed by atoms with van der Waals surface area (Å²) in [5.41, 5.74) is 2.15. The van der Waals surface area contributed by atoms with Crippen molar-refractivity contribution in [3.8, 4) is 11.4 Å². The van der Waals surface area contributed by atoms with Crippen LogP contribution in [-0.2, 0) is 11.8 Å². The maximum Gasteiger partial charge on any atom is 0.238 e. The molecule has 0 aliphatic carbocycles. The smallest absolute Gasteiger partial charge is 0.238 e. The van der Waals surface area contributed by atoms with Crippen LogP contribution in [-0.4, -0.2) is 31.1 Å². The lowest BCUT2D eigenvalue weighted by Crippen LogP contribution is -2.23. The topological polar surface area (TPSA) is 85.8 Å². The van der Waals surface area contributed by atoms with Crippen molar-refractivity contribution in [3.63, 3.8) is 0 Å². The van der Waals surface area contributed by atoms with E-state index >= 15 is 0 Å². The van der Waals surface area contributed by atoms with Gasteiger partial charge in [0.2, 0.25) is 5.91 Å². The fraction of sp³-hybridized carbons (Fsp3) is 0.294. The van der Waals surface area contributed by atoms with E-state index in [4.69, 9.17) is 4.52 Å². The molecule has 3 rings (SSSR count). The number of nitrogens with one attached hydrogen (secondary N) is 1. The van der Waals surface area contributed by atoms with E-state index in [-0.39, 0.29) is 11.2 Å². The second-order valence-corrected chi connectivity index (χ2v) is 7.06. The maximum atomic E-state index is 12.3. The van der Waals surface area contributed by atoms with E-state index in [9.17, 15) is 4.79 Å². The van der Waals surface area contributed by atoms with Gasteiger partial charge in [-0.25, -0.2) is 0 Å². The number of amides is 1. The minimum absolute atomic E-state index is 0.168. The van der Waals surface area contributed by atoms with Crippen molar-refractivity contribution in [2.45, 2.75) is 31.2 Å². The number of hydrogen-bond donors (Lipinski definition) is 1. The van der Waals surface area contributed by atoms with Gasteiger partial charge in [0, 0.05) is 18.7 Å². The average molecular weight is 357 g/mol. The van der Waals surface area contributed by atoms with E-state index in [0.29, 0.717) is 16.7 Å². The Bertz CT molecular complexity index is 902. The Morgan fingerprint density at radius 3 is 2.72 bits per heavy atom. The SMILES string of the molecule is Cc1cc(NC(=O)C(C)Sc2nnc(-c3ccccc3C)n2C)no1. The first-order valence-electron chi connectivity index (χ1n) is 7.82. The van der Waals surface area contributed by atoms with Gasteiger partial charge in [-0.2, -0.15) is 0 Å². The molecule has 0 aliphatic heterocycles. The molecule has 0 radical (unpaired) electrons. The molecule has 0 saturated carbocycles. The van der Waals surface area contributed by atoms with Gasteiger partial charge in [-0.3, -0.25) is 4.79 Å². The lowest BCUT2D eigenvalue weighted by molar-refractivity contribution is -0.115. The molecule has 0 bridgehead atoms. The first-order chi connectivity index (χ1) is 12.0. The molecule has 1 amide bonds. The number of carbonyl (C=O) groups excluding carboxylic acids is 1. The summed E-state index contributed by atoms with van der Waals surface area (Å²) in [6, 6.07) is 9.68. The molecular formula is C17H19N5O2S. The molecule has 130 valence electrons. The van der Waals surface area contributed by atoms with Crippen LogP contribution in [0.3, 0.4) is 0 Å². The van der Waals surface area contributed by atoms with Crippen LogP contribution in [0.4, 0.5) is 5.82 Å². The number of aryl methyl sites for hydroxylation is 2. The van der Waals surface area contributed by atoms with Gasteiger partial charge in [0.05, 0.1) is 5.25 Å². The highest BCUT2D eigenvalue weighted by Crippen LogP contribution is 2.27. The van der Waals surface area contributed by atoms with Crippen LogP contribution in [0.1, 0.15) is 18.2 Å². The predicted molar refractivity (Wildman–Crippen MR) is 96.4 cm³/mol. The van der Waals surface area contributed by atoms with Crippen LogP contribution in [0.2, 0.25) is 0 Å². The quantitative estimate of drug-likeness (QED) is 0.706. The number of carbonyl (C=O) groups is 1. The van der Waals surface area contributed by atoms with E-state index < -0.39 is 0 Å². The Morgan fingerprint density at radius 2 is 2.04 bits per heavy atom. The van der Waals surface area contributed by atoms with Gasteiger partial charge in [-0.1, -0.05) is 41.2 Å². The molecule has 1 atom stereocenters. The Kier molecular flexibility index (Phi) is 4.89. The fourth-order valence-corrected chi connectivity index (χ4v) is 3.16. The number of nitrogens with zero attached hydrogens (tertiary/aromatic N) is 4. The zero-order valence-corrected chi connectivity index (χ0v) is 15.3. The largest absolute Gasteiger partial charge is 0.360 e. The summed E-state index contributed by atoms with van der Waals surface area (Å²) >= 11 is 1.34. The number of aromatic nitrogens is 4. The maximum absolute atomic E-state index is 12.3. The van der Waals surface area contributed by atoms with Crippen LogP contribution in [0.5, 0.6) is 0 Å². The number of rotatable bonds is 5. The number of anilines is 1. The molecule has 0 aliphatic rings. The third kappa shape index (κ3) is 3.74. The molecule has 7 nitrogen and oxygen atoms in total. The Labute approximate surface area is 149 Å². The lowest BCUT2D eigenvalue weighted by Gasteiger charge is -2.10. The molecule has 1 aromatic carbocycles. The van der Waals surface area contributed by atoms with Crippen molar-refractivity contribution in [1.29, 1.82) is 0 Å². The summed E-state index contributed by atoms with van der Waals surface area (Å²) in [7, 11) is 1.90.